The molecule has 2 rings (SSSR count). The number of hydrogen-bond donors (Lipinski definition) is 1. The monoisotopic (exact) mass is 383 g/mol. The van der Waals surface area contributed by atoms with Crippen molar-refractivity contribution in [3.8, 4) is 0 Å². The van der Waals surface area contributed by atoms with Crippen LogP contribution in [0.3, 0.4) is 0 Å². The van der Waals surface area contributed by atoms with Crippen LogP contribution in [0.15, 0.2) is 23.1 Å². The summed E-state index contributed by atoms with van der Waals surface area (Å²) in [6, 6.07) is 4.63. The molecular weight excluding hydrogens is 354 g/mol. The molecule has 0 saturated carbocycles. The molecule has 1 aromatic carbocycles. The highest BCUT2D eigenvalue weighted by atomic mass is 32.2. The zero-order valence-electron chi connectivity index (χ0n) is 15.9. The Bertz CT molecular complexity index is 741. The molecule has 1 saturated heterocycles. The summed E-state index contributed by atoms with van der Waals surface area (Å²) in [7, 11) is -3.67. The SMILES string of the molecule is CC1CCN(C(CNc2cccc(S(C)(=O)=O)c2[N+](=O)[O-])C(C)C)CC1. The second kappa shape index (κ2) is 8.35. The van der Waals surface area contributed by atoms with Crippen molar-refractivity contribution in [3.05, 3.63) is 28.3 Å². The Morgan fingerprint density at radius 2 is 1.92 bits per heavy atom. The van der Waals surface area contributed by atoms with E-state index < -0.39 is 14.8 Å². The average molecular weight is 384 g/mol. The van der Waals surface area contributed by atoms with Crippen molar-refractivity contribution in [2.45, 2.75) is 44.6 Å². The van der Waals surface area contributed by atoms with Crippen LogP contribution in [-0.4, -0.2) is 50.2 Å². The van der Waals surface area contributed by atoms with Crippen molar-refractivity contribution in [1.29, 1.82) is 0 Å². The van der Waals surface area contributed by atoms with E-state index >= 15 is 0 Å². The smallest absolute Gasteiger partial charge is 0.310 e. The van der Waals surface area contributed by atoms with Crippen LogP contribution in [-0.2, 0) is 9.84 Å². The fourth-order valence-electron chi connectivity index (χ4n) is 3.51. The molecule has 1 unspecified atom stereocenters. The Labute approximate surface area is 155 Å². The van der Waals surface area contributed by atoms with E-state index in [1.165, 1.54) is 6.07 Å². The summed E-state index contributed by atoms with van der Waals surface area (Å²) in [6.45, 7) is 9.14. The first-order valence-electron chi connectivity index (χ1n) is 9.06. The molecule has 1 aliphatic rings. The number of nitrogens with one attached hydrogen (secondary N) is 1. The third-order valence-corrected chi connectivity index (χ3v) is 6.27. The molecule has 146 valence electrons. The lowest BCUT2D eigenvalue weighted by Crippen LogP contribution is -2.47. The van der Waals surface area contributed by atoms with Crippen LogP contribution in [0.25, 0.3) is 0 Å². The minimum absolute atomic E-state index is 0.240. The molecule has 1 aromatic rings. The number of benzene rings is 1. The zero-order valence-corrected chi connectivity index (χ0v) is 16.8. The number of para-hydroxylation sites is 1. The number of sulfone groups is 1. The van der Waals surface area contributed by atoms with Gasteiger partial charge in [-0.3, -0.25) is 15.0 Å². The van der Waals surface area contributed by atoms with Gasteiger partial charge in [0.2, 0.25) is 0 Å². The van der Waals surface area contributed by atoms with E-state index in [2.05, 4.69) is 31.0 Å². The number of hydrogen-bond acceptors (Lipinski definition) is 6. The van der Waals surface area contributed by atoms with Gasteiger partial charge in [-0.15, -0.1) is 0 Å². The van der Waals surface area contributed by atoms with Gasteiger partial charge >= 0.3 is 5.69 Å². The van der Waals surface area contributed by atoms with Crippen LogP contribution in [0.4, 0.5) is 11.4 Å². The van der Waals surface area contributed by atoms with Crippen molar-refractivity contribution in [1.82, 2.24) is 4.90 Å². The zero-order chi connectivity index (χ0) is 19.5. The molecule has 0 aromatic heterocycles. The van der Waals surface area contributed by atoms with Crippen molar-refractivity contribution >= 4 is 21.2 Å². The van der Waals surface area contributed by atoms with Crippen molar-refractivity contribution < 1.29 is 13.3 Å². The summed E-state index contributed by atoms with van der Waals surface area (Å²) >= 11 is 0. The summed E-state index contributed by atoms with van der Waals surface area (Å²) in [6.07, 6.45) is 3.31. The Morgan fingerprint density at radius 1 is 1.31 bits per heavy atom. The van der Waals surface area contributed by atoms with Crippen LogP contribution in [0.2, 0.25) is 0 Å². The second-order valence-corrected chi connectivity index (χ2v) is 9.58. The van der Waals surface area contributed by atoms with Gasteiger partial charge in [0.25, 0.3) is 0 Å². The molecule has 8 heteroatoms. The molecule has 0 bridgehead atoms. The predicted molar refractivity (Wildman–Crippen MR) is 103 cm³/mol. The van der Waals surface area contributed by atoms with Crippen molar-refractivity contribution in [3.63, 3.8) is 0 Å². The number of nitro benzene ring substituents is 1. The molecule has 0 amide bonds. The third kappa shape index (κ3) is 4.94. The molecular formula is C18H29N3O4S. The number of nitro groups is 1. The lowest BCUT2D eigenvalue weighted by Gasteiger charge is -2.39. The van der Waals surface area contributed by atoms with Gasteiger partial charge < -0.3 is 5.32 Å². The summed E-state index contributed by atoms with van der Waals surface area (Å²) in [5, 5.41) is 14.6. The average Bonchev–Trinajstić information content (AvgIpc) is 2.55. The van der Waals surface area contributed by atoms with Crippen molar-refractivity contribution in [2.24, 2.45) is 11.8 Å². The summed E-state index contributed by atoms with van der Waals surface area (Å²) < 4.78 is 23.8. The van der Waals surface area contributed by atoms with Crippen molar-refractivity contribution in [2.75, 3.05) is 31.2 Å². The summed E-state index contributed by atoms with van der Waals surface area (Å²) in [4.78, 5) is 13.1. The van der Waals surface area contributed by atoms with Crippen LogP contribution in [0, 0.1) is 22.0 Å². The highest BCUT2D eigenvalue weighted by molar-refractivity contribution is 7.90. The first kappa shape index (κ1) is 20.6. The van der Waals surface area contributed by atoms with E-state index in [1.54, 1.807) is 12.1 Å². The molecule has 1 atom stereocenters. The van der Waals surface area contributed by atoms with E-state index in [0.29, 0.717) is 12.5 Å². The molecule has 26 heavy (non-hydrogen) atoms. The predicted octanol–water partition coefficient (Wildman–Crippen LogP) is 3.17. The maximum absolute atomic E-state index is 11.9. The topological polar surface area (TPSA) is 92.6 Å². The second-order valence-electron chi connectivity index (χ2n) is 7.59. The Balaban J connectivity index is 2.23. The molecule has 0 aliphatic carbocycles. The number of nitrogens with zero attached hydrogens (tertiary/aromatic N) is 2. The van der Waals surface area contributed by atoms with Crippen LogP contribution in [0.5, 0.6) is 0 Å². The minimum atomic E-state index is -3.67. The van der Waals surface area contributed by atoms with Crippen LogP contribution < -0.4 is 5.32 Å². The Hall–Kier alpha value is -1.67. The highest BCUT2D eigenvalue weighted by Crippen LogP contribution is 2.32. The van der Waals surface area contributed by atoms with E-state index in [0.717, 1.165) is 38.1 Å². The number of piperidine rings is 1. The lowest BCUT2D eigenvalue weighted by atomic mass is 9.94. The number of likely N-dealkylation sites (tertiary alicyclic amines) is 1. The highest BCUT2D eigenvalue weighted by Gasteiger charge is 2.29. The van der Waals surface area contributed by atoms with Gasteiger partial charge in [-0.1, -0.05) is 26.8 Å². The molecule has 1 N–H and O–H groups in total. The molecule has 1 aliphatic heterocycles. The van der Waals surface area contributed by atoms with Gasteiger partial charge in [-0.05, 0) is 49.9 Å². The molecule has 0 radical (unpaired) electrons. The first-order valence-corrected chi connectivity index (χ1v) is 11.0. The van der Waals surface area contributed by atoms with Gasteiger partial charge in [0, 0.05) is 18.8 Å². The van der Waals surface area contributed by atoms with Gasteiger partial charge in [-0.25, -0.2) is 8.42 Å². The maximum Gasteiger partial charge on any atom is 0.310 e. The van der Waals surface area contributed by atoms with E-state index in [1.807, 2.05) is 0 Å². The Morgan fingerprint density at radius 3 is 2.42 bits per heavy atom. The first-order chi connectivity index (χ1) is 12.1. The molecule has 0 spiro atoms. The fourth-order valence-corrected chi connectivity index (χ4v) is 4.38. The number of rotatable bonds is 7. The van der Waals surface area contributed by atoms with Gasteiger partial charge in [0.1, 0.15) is 10.6 Å². The lowest BCUT2D eigenvalue weighted by molar-refractivity contribution is -0.386. The maximum atomic E-state index is 11.9. The third-order valence-electron chi connectivity index (χ3n) is 5.14. The molecule has 1 heterocycles. The van der Waals surface area contributed by atoms with Crippen LogP contribution >= 0.6 is 0 Å². The van der Waals surface area contributed by atoms with Gasteiger partial charge in [0.05, 0.1) is 4.92 Å². The quantitative estimate of drug-likeness (QED) is 0.574. The largest absolute Gasteiger partial charge is 0.378 e. The minimum Gasteiger partial charge on any atom is -0.378 e. The standard InChI is InChI=1S/C18H29N3O4S/c1-13(2)16(20-10-8-14(3)9-11-20)12-19-15-6-5-7-17(26(4,24)25)18(15)21(22)23/h5-7,13-14,16,19H,8-12H2,1-4H3. The van der Waals surface area contributed by atoms with E-state index in [-0.39, 0.29) is 22.3 Å². The Kier molecular flexibility index (Phi) is 6.63. The normalized spacial score (nSPS) is 18.0. The summed E-state index contributed by atoms with van der Waals surface area (Å²) in [5.41, 5.74) is -0.112. The number of anilines is 1. The van der Waals surface area contributed by atoms with E-state index in [9.17, 15) is 18.5 Å². The van der Waals surface area contributed by atoms with Gasteiger partial charge in [-0.2, -0.15) is 0 Å². The van der Waals surface area contributed by atoms with Gasteiger partial charge in [0.15, 0.2) is 9.84 Å². The fraction of sp³-hybridized carbons (Fsp3) is 0.667. The molecule has 7 nitrogen and oxygen atoms in total. The van der Waals surface area contributed by atoms with E-state index in [4.69, 9.17) is 0 Å². The van der Waals surface area contributed by atoms with Crippen LogP contribution in [0.1, 0.15) is 33.6 Å². The molecule has 1 fully saturated rings. The summed E-state index contributed by atoms with van der Waals surface area (Å²) in [5.74, 6) is 1.12.